The van der Waals surface area contributed by atoms with Gasteiger partial charge in [-0.25, -0.2) is 9.59 Å². The van der Waals surface area contributed by atoms with E-state index in [4.69, 9.17) is 34.9 Å². The van der Waals surface area contributed by atoms with E-state index in [-0.39, 0.29) is 35.6 Å². The van der Waals surface area contributed by atoms with Gasteiger partial charge in [0, 0.05) is 62.0 Å². The first-order valence-electron chi connectivity index (χ1n) is 13.7. The summed E-state index contributed by atoms with van der Waals surface area (Å²) in [5.74, 6) is -1.32. The van der Waals surface area contributed by atoms with E-state index >= 15 is 0 Å². The molecule has 2 aliphatic heterocycles. The number of quaternary nitrogens is 1. The number of para-hydroxylation sites is 1. The number of hydrogen-bond acceptors (Lipinski definition) is 6. The summed E-state index contributed by atoms with van der Waals surface area (Å²) in [4.78, 5) is 41.6. The normalized spacial score (nSPS) is 20.8. The third kappa shape index (κ3) is 5.76. The summed E-state index contributed by atoms with van der Waals surface area (Å²) in [6, 6.07) is 15.4. The van der Waals surface area contributed by atoms with Gasteiger partial charge in [0.25, 0.3) is 11.0 Å². The first-order chi connectivity index (χ1) is 20.5. The number of thiocarbonyl (C=S) groups is 2. The smallest absolute Gasteiger partial charge is 0.424 e. The van der Waals surface area contributed by atoms with Gasteiger partial charge >= 0.3 is 12.0 Å². The van der Waals surface area contributed by atoms with Crippen molar-refractivity contribution in [3.8, 4) is 0 Å². The van der Waals surface area contributed by atoms with Gasteiger partial charge in [-0.1, -0.05) is 24.3 Å². The lowest BCUT2D eigenvalue weighted by atomic mass is 10.0. The van der Waals surface area contributed by atoms with Crippen molar-refractivity contribution in [2.45, 2.75) is 45.1 Å². The second-order valence-electron chi connectivity index (χ2n) is 10.7. The van der Waals surface area contributed by atoms with Crippen molar-refractivity contribution in [2.75, 3.05) is 18.6 Å². The number of anilines is 1. The van der Waals surface area contributed by atoms with Crippen LogP contribution in [0.15, 0.2) is 60.8 Å². The van der Waals surface area contributed by atoms with Gasteiger partial charge in [-0.05, 0) is 66.2 Å². The fraction of sp³-hybridized carbons (Fsp3) is 0.300. The number of nitrogens with two attached hydrogens (primary N) is 1. The number of carbonyl (C=O) groups excluding carboxylic acids is 2. The van der Waals surface area contributed by atoms with Crippen LogP contribution in [-0.2, 0) is 29.2 Å². The van der Waals surface area contributed by atoms with E-state index < -0.39 is 28.6 Å². The molecule has 224 valence electrons. The van der Waals surface area contributed by atoms with Crippen LogP contribution in [0, 0.1) is 6.92 Å². The van der Waals surface area contributed by atoms with Crippen molar-refractivity contribution in [1.29, 1.82) is 0 Å². The molecule has 0 aliphatic carbocycles. The highest BCUT2D eigenvalue weighted by molar-refractivity contribution is 7.81. The number of urea groups is 1. The average molecular weight is 622 g/mol. The lowest BCUT2D eigenvalue weighted by molar-refractivity contribution is -0.764. The molecule has 0 bridgehead atoms. The van der Waals surface area contributed by atoms with E-state index in [1.54, 1.807) is 23.1 Å². The number of nitrogens with zero attached hydrogens (tertiary/aromatic N) is 3. The van der Waals surface area contributed by atoms with E-state index in [1.165, 1.54) is 7.11 Å². The molecule has 5 N–H and O–H groups in total. The third-order valence-electron chi connectivity index (χ3n) is 8.21. The quantitative estimate of drug-likeness (QED) is 0.250. The van der Waals surface area contributed by atoms with Crippen LogP contribution in [0.25, 0.3) is 0 Å². The number of benzene rings is 2. The number of methoxy groups -OCH3 is 1. The largest absolute Gasteiger partial charge is 0.477 e. The molecule has 1 saturated heterocycles. The number of hydrogen-bond donors (Lipinski definition) is 4. The number of carboxylic acid groups (broad SMARTS) is 1. The number of amides is 3. The number of likely N-dealkylation sites (tertiary alicyclic amines) is 1. The summed E-state index contributed by atoms with van der Waals surface area (Å²) in [6.45, 7) is 3.07. The minimum Gasteiger partial charge on any atom is -0.477 e. The predicted octanol–water partition coefficient (Wildman–Crippen LogP) is 3.02. The van der Waals surface area contributed by atoms with Crippen LogP contribution in [0.1, 0.15) is 39.2 Å². The van der Waals surface area contributed by atoms with Crippen LogP contribution in [-0.4, -0.2) is 68.1 Å². The lowest BCUT2D eigenvalue weighted by Gasteiger charge is -2.34. The topological polar surface area (TPSA) is 139 Å². The summed E-state index contributed by atoms with van der Waals surface area (Å²) in [6.07, 6.45) is 1.58. The molecule has 1 aromatic heterocycles. The second kappa shape index (κ2) is 12.2. The zero-order valence-corrected chi connectivity index (χ0v) is 25.4. The number of fused-ring (bicyclic) bond motifs is 2. The van der Waals surface area contributed by atoms with Crippen molar-refractivity contribution in [3.63, 3.8) is 0 Å². The number of aliphatic carboxylic acids is 1. The molecular weight excluding hydrogens is 589 g/mol. The number of carbonyl (C=O) groups is 3. The molecule has 1 unspecified atom stereocenters. The SMILES string of the molecule is CO[C@@H]1C[C@@H](C(=O)O)[N+](C(=O)NCc2ccc(C(=O)N3Cc4cccn4Cc4ccccc43)cc2C)(C(=S)NC(N)=S)C1. The monoisotopic (exact) mass is 621 g/mol. The van der Waals surface area contributed by atoms with Crippen molar-refractivity contribution in [1.82, 2.24) is 15.2 Å². The lowest BCUT2D eigenvalue weighted by Crippen LogP contribution is -2.69. The van der Waals surface area contributed by atoms with Crippen LogP contribution in [0.2, 0.25) is 0 Å². The predicted molar refractivity (Wildman–Crippen MR) is 168 cm³/mol. The summed E-state index contributed by atoms with van der Waals surface area (Å²) < 4.78 is 6.83. The number of aryl methyl sites for hydroxylation is 1. The Kier molecular flexibility index (Phi) is 8.60. The standard InChI is InChI=1S/C30H32N6O5S2/c1-18-12-19(26(37)35-16-22-7-5-11-34(22)15-21-6-3-4-8-24(21)35)9-10-20(18)14-32-29(40)36(30(43)33-28(31)42)17-23(41-2)13-25(36)27(38)39/h3-12,23,25H,13-17H2,1-2H3,(H4-,31,32,33,38,39,40,42,43)/p+1/t23-,25+,36?/m1/s1. The van der Waals surface area contributed by atoms with Gasteiger partial charge < -0.3 is 30.4 Å². The molecule has 3 aromatic rings. The highest BCUT2D eigenvalue weighted by Gasteiger charge is 2.60. The van der Waals surface area contributed by atoms with Gasteiger partial charge in [0.15, 0.2) is 5.11 Å². The van der Waals surface area contributed by atoms with Crippen molar-refractivity contribution in [3.05, 3.63) is 88.7 Å². The number of nitrogens with one attached hydrogen (secondary N) is 2. The number of ether oxygens (including phenoxy) is 1. The maximum absolute atomic E-state index is 13.8. The molecule has 3 atom stereocenters. The zero-order valence-electron chi connectivity index (χ0n) is 23.8. The molecule has 1 fully saturated rings. The van der Waals surface area contributed by atoms with Gasteiger partial charge in [0.05, 0.1) is 6.54 Å². The van der Waals surface area contributed by atoms with Crippen LogP contribution >= 0.6 is 24.4 Å². The van der Waals surface area contributed by atoms with Crippen LogP contribution < -0.4 is 21.3 Å². The average Bonchev–Trinajstić information content (AvgIpc) is 3.56. The molecule has 5 rings (SSSR count). The fourth-order valence-corrected chi connectivity index (χ4v) is 6.48. The molecule has 0 radical (unpaired) electrons. The van der Waals surface area contributed by atoms with E-state index in [0.29, 0.717) is 18.7 Å². The molecule has 13 heteroatoms. The minimum absolute atomic E-state index is 0.000854. The van der Waals surface area contributed by atoms with Crippen LogP contribution in [0.5, 0.6) is 0 Å². The maximum atomic E-state index is 13.8. The first kappa shape index (κ1) is 30.3. The number of carboxylic acids is 1. The number of rotatable bonds is 5. The van der Waals surface area contributed by atoms with Crippen molar-refractivity contribution in [2.24, 2.45) is 5.73 Å². The zero-order chi connectivity index (χ0) is 30.9. The fourth-order valence-electron chi connectivity index (χ4n) is 5.92. The van der Waals surface area contributed by atoms with E-state index in [0.717, 1.165) is 28.1 Å². The Labute approximate surface area is 259 Å². The highest BCUT2D eigenvalue weighted by Crippen LogP contribution is 2.32. The highest BCUT2D eigenvalue weighted by atomic mass is 32.1. The van der Waals surface area contributed by atoms with Gasteiger partial charge in [0.1, 0.15) is 12.6 Å². The molecule has 11 nitrogen and oxygen atoms in total. The summed E-state index contributed by atoms with van der Waals surface area (Å²) >= 11 is 10.4. The summed E-state index contributed by atoms with van der Waals surface area (Å²) in [7, 11) is 1.46. The Bertz CT molecular complexity index is 1620. The van der Waals surface area contributed by atoms with Crippen molar-refractivity contribution >= 4 is 58.3 Å². The first-order valence-corrected chi connectivity index (χ1v) is 14.5. The molecular formula is C30H33N6O5S2+. The van der Waals surface area contributed by atoms with E-state index in [2.05, 4.69) is 15.2 Å². The van der Waals surface area contributed by atoms with Gasteiger partial charge in [-0.15, -0.1) is 0 Å². The van der Waals surface area contributed by atoms with E-state index in [9.17, 15) is 19.5 Å². The molecule has 3 heterocycles. The van der Waals surface area contributed by atoms with Crippen molar-refractivity contribution < 1.29 is 28.7 Å². The Balaban J connectivity index is 1.37. The summed E-state index contributed by atoms with van der Waals surface area (Å²) in [5.41, 5.74) is 10.6. The second-order valence-corrected chi connectivity index (χ2v) is 11.6. The molecule has 43 heavy (non-hydrogen) atoms. The Hall–Kier alpha value is -4.17. The summed E-state index contributed by atoms with van der Waals surface area (Å²) in [5, 5.41) is 15.2. The van der Waals surface area contributed by atoms with Crippen LogP contribution in [0.4, 0.5) is 10.5 Å². The third-order valence-corrected chi connectivity index (χ3v) is 8.74. The molecule has 0 spiro atoms. The van der Waals surface area contributed by atoms with Gasteiger partial charge in [-0.2, -0.15) is 4.48 Å². The molecule has 2 aliphatic rings. The maximum Gasteiger partial charge on any atom is 0.424 e. The van der Waals surface area contributed by atoms with Gasteiger partial charge in [-0.3, -0.25) is 10.1 Å². The van der Waals surface area contributed by atoms with Crippen LogP contribution in [0.3, 0.4) is 0 Å². The molecule has 2 aromatic carbocycles. The molecule has 3 amide bonds. The molecule has 0 saturated carbocycles. The number of aromatic nitrogens is 1. The Morgan fingerprint density at radius 2 is 1.88 bits per heavy atom. The van der Waals surface area contributed by atoms with E-state index in [1.807, 2.05) is 49.5 Å². The minimum atomic E-state index is -1.20. The Morgan fingerprint density at radius 1 is 1.12 bits per heavy atom. The Morgan fingerprint density at radius 3 is 2.58 bits per heavy atom. The van der Waals surface area contributed by atoms with Gasteiger partial charge in [0.2, 0.25) is 6.04 Å².